The van der Waals surface area contributed by atoms with Gasteiger partial charge in [0.2, 0.25) is 0 Å². The molecular formula is C21H21N3O2S. The first-order valence-electron chi connectivity index (χ1n) is 8.77. The van der Waals surface area contributed by atoms with Crippen molar-refractivity contribution in [3.63, 3.8) is 0 Å². The van der Waals surface area contributed by atoms with Crippen molar-refractivity contribution in [3.05, 3.63) is 70.9 Å². The molecule has 1 atom stereocenters. The maximum atomic E-state index is 9.93. The fourth-order valence-electron chi connectivity index (χ4n) is 3.37. The van der Waals surface area contributed by atoms with Gasteiger partial charge in [0.15, 0.2) is 17.3 Å². The molecule has 5 nitrogen and oxygen atoms in total. The van der Waals surface area contributed by atoms with E-state index in [1.54, 1.807) is 24.9 Å². The molecule has 1 N–H and O–H groups in total. The number of aromatic nitrogens is 2. The number of thioether (sulfide) groups is 1. The van der Waals surface area contributed by atoms with Crippen LogP contribution < -0.4 is 4.74 Å². The van der Waals surface area contributed by atoms with E-state index in [1.807, 2.05) is 48.9 Å². The average molecular weight is 379 g/mol. The van der Waals surface area contributed by atoms with Crippen molar-refractivity contribution < 1.29 is 9.84 Å². The van der Waals surface area contributed by atoms with Crippen LogP contribution in [0.15, 0.2) is 53.5 Å². The number of ether oxygens (including phenoxy) is 1. The molecule has 6 heteroatoms. The molecule has 27 heavy (non-hydrogen) atoms. The van der Waals surface area contributed by atoms with Crippen LogP contribution in [0.1, 0.15) is 34.6 Å². The second kappa shape index (κ2) is 7.12. The highest BCUT2D eigenvalue weighted by atomic mass is 32.2. The number of rotatable bonds is 4. The fourth-order valence-corrected chi connectivity index (χ4v) is 4.53. The summed E-state index contributed by atoms with van der Waals surface area (Å²) < 4.78 is 7.28. The number of methoxy groups -OCH3 is 1. The normalized spacial score (nSPS) is 16.0. The minimum absolute atomic E-state index is 0.0662. The number of aliphatic imine (C=N–C) groups is 1. The summed E-state index contributed by atoms with van der Waals surface area (Å²) in [4.78, 5) is 4.80. The van der Waals surface area contributed by atoms with Crippen LogP contribution in [-0.4, -0.2) is 27.0 Å². The van der Waals surface area contributed by atoms with Crippen molar-refractivity contribution in [3.8, 4) is 11.5 Å². The molecule has 0 bridgehead atoms. The van der Waals surface area contributed by atoms with Crippen molar-refractivity contribution in [1.82, 2.24) is 9.78 Å². The quantitative estimate of drug-likeness (QED) is 0.705. The van der Waals surface area contributed by atoms with E-state index in [1.165, 1.54) is 5.56 Å². The van der Waals surface area contributed by atoms with E-state index in [9.17, 15) is 5.11 Å². The van der Waals surface area contributed by atoms with Gasteiger partial charge in [0.1, 0.15) is 0 Å². The Balaban J connectivity index is 1.78. The molecule has 1 aromatic heterocycles. The van der Waals surface area contributed by atoms with Crippen LogP contribution >= 0.6 is 11.8 Å². The summed E-state index contributed by atoms with van der Waals surface area (Å²) in [6, 6.07) is 15.8. The van der Waals surface area contributed by atoms with Crippen LogP contribution in [0.4, 0.5) is 5.82 Å². The zero-order chi connectivity index (χ0) is 19.0. The van der Waals surface area contributed by atoms with Crippen molar-refractivity contribution in [2.75, 3.05) is 7.11 Å². The second-order valence-electron chi connectivity index (χ2n) is 6.53. The highest BCUT2D eigenvalue weighted by Gasteiger charge is 2.30. The number of fused-ring (bicyclic) bond motifs is 1. The number of nitrogens with zero attached hydrogens (tertiary/aromatic N) is 3. The van der Waals surface area contributed by atoms with E-state index < -0.39 is 0 Å². The van der Waals surface area contributed by atoms with Gasteiger partial charge in [-0.15, -0.1) is 0 Å². The monoisotopic (exact) mass is 379 g/mol. The standard InChI is InChI=1S/C21H21N3O2S/c1-13-19-20(16-9-10-17(25)18(11-16)26-3)27-14(2)22-21(19)24(23-13)12-15-7-5-4-6-8-15/h4-11,20,25H,12H2,1-3H3. The van der Waals surface area contributed by atoms with Gasteiger partial charge in [0.25, 0.3) is 0 Å². The zero-order valence-electron chi connectivity index (χ0n) is 15.5. The molecule has 2 aromatic carbocycles. The molecule has 138 valence electrons. The van der Waals surface area contributed by atoms with Crippen LogP contribution in [-0.2, 0) is 6.54 Å². The first-order valence-corrected chi connectivity index (χ1v) is 9.65. The summed E-state index contributed by atoms with van der Waals surface area (Å²) in [6.07, 6.45) is 0. The Kier molecular flexibility index (Phi) is 4.66. The molecule has 1 aliphatic rings. The number of phenols is 1. The van der Waals surface area contributed by atoms with Crippen LogP contribution in [0.3, 0.4) is 0 Å². The molecule has 3 aromatic rings. The summed E-state index contributed by atoms with van der Waals surface area (Å²) in [5.74, 6) is 1.53. The van der Waals surface area contributed by atoms with Crippen LogP contribution in [0.5, 0.6) is 11.5 Å². The molecule has 0 aliphatic carbocycles. The Morgan fingerprint density at radius 1 is 1.15 bits per heavy atom. The zero-order valence-corrected chi connectivity index (χ0v) is 16.3. The fraction of sp³-hybridized carbons (Fsp3) is 0.238. The lowest BCUT2D eigenvalue weighted by atomic mass is 10.0. The average Bonchev–Trinajstić information content (AvgIpc) is 2.97. The summed E-state index contributed by atoms with van der Waals surface area (Å²) in [5, 5.41) is 15.8. The third kappa shape index (κ3) is 3.32. The lowest BCUT2D eigenvalue weighted by Gasteiger charge is -2.22. The summed E-state index contributed by atoms with van der Waals surface area (Å²) in [7, 11) is 1.56. The van der Waals surface area contributed by atoms with Gasteiger partial charge in [0.05, 0.1) is 29.6 Å². The number of aryl methyl sites for hydroxylation is 1. The van der Waals surface area contributed by atoms with Gasteiger partial charge >= 0.3 is 0 Å². The number of phenolic OH excluding ortho intramolecular Hbond substituents is 1. The molecule has 0 saturated heterocycles. The lowest BCUT2D eigenvalue weighted by molar-refractivity contribution is 0.373. The van der Waals surface area contributed by atoms with Crippen LogP contribution in [0.2, 0.25) is 0 Å². The van der Waals surface area contributed by atoms with E-state index in [2.05, 4.69) is 12.1 Å². The first-order chi connectivity index (χ1) is 13.1. The van der Waals surface area contributed by atoms with Gasteiger partial charge in [-0.2, -0.15) is 5.10 Å². The smallest absolute Gasteiger partial charge is 0.160 e. The van der Waals surface area contributed by atoms with E-state index in [4.69, 9.17) is 14.8 Å². The molecule has 0 amide bonds. The molecule has 0 radical (unpaired) electrons. The Bertz CT molecular complexity index is 1010. The van der Waals surface area contributed by atoms with E-state index >= 15 is 0 Å². The Morgan fingerprint density at radius 2 is 1.93 bits per heavy atom. The van der Waals surface area contributed by atoms with E-state index in [0.717, 1.165) is 27.7 Å². The topological polar surface area (TPSA) is 59.6 Å². The van der Waals surface area contributed by atoms with Crippen LogP contribution in [0.25, 0.3) is 0 Å². The molecule has 0 fully saturated rings. The summed E-state index contributed by atoms with van der Waals surface area (Å²) in [6.45, 7) is 4.74. The molecule has 0 spiro atoms. The molecule has 4 rings (SSSR count). The Hall–Kier alpha value is -2.73. The maximum absolute atomic E-state index is 9.93. The highest BCUT2D eigenvalue weighted by Crippen LogP contribution is 2.48. The predicted molar refractivity (Wildman–Crippen MR) is 109 cm³/mol. The maximum Gasteiger partial charge on any atom is 0.160 e. The molecular weight excluding hydrogens is 358 g/mol. The van der Waals surface area contributed by atoms with Crippen molar-refractivity contribution in [1.29, 1.82) is 0 Å². The predicted octanol–water partition coefficient (Wildman–Crippen LogP) is 4.84. The van der Waals surface area contributed by atoms with Crippen molar-refractivity contribution in [2.24, 2.45) is 4.99 Å². The van der Waals surface area contributed by atoms with Crippen molar-refractivity contribution in [2.45, 2.75) is 25.6 Å². The lowest BCUT2D eigenvalue weighted by Crippen LogP contribution is -2.07. The van der Waals surface area contributed by atoms with E-state index in [0.29, 0.717) is 12.3 Å². The Morgan fingerprint density at radius 3 is 2.67 bits per heavy atom. The first kappa shape index (κ1) is 17.7. The number of aromatic hydroxyl groups is 1. The molecule has 1 unspecified atom stereocenters. The van der Waals surface area contributed by atoms with Gasteiger partial charge in [0, 0.05) is 5.56 Å². The minimum atomic E-state index is 0.0662. The van der Waals surface area contributed by atoms with Crippen LogP contribution in [0, 0.1) is 6.92 Å². The van der Waals surface area contributed by atoms with Gasteiger partial charge < -0.3 is 9.84 Å². The molecule has 2 heterocycles. The third-order valence-electron chi connectivity index (χ3n) is 4.64. The minimum Gasteiger partial charge on any atom is -0.504 e. The van der Waals surface area contributed by atoms with Gasteiger partial charge in [-0.3, -0.25) is 0 Å². The largest absolute Gasteiger partial charge is 0.504 e. The molecule has 1 aliphatic heterocycles. The van der Waals surface area contributed by atoms with E-state index in [-0.39, 0.29) is 11.0 Å². The summed E-state index contributed by atoms with van der Waals surface area (Å²) in [5.41, 5.74) is 4.35. The highest BCUT2D eigenvalue weighted by molar-refractivity contribution is 8.14. The van der Waals surface area contributed by atoms with Gasteiger partial charge in [-0.05, 0) is 37.1 Å². The number of benzene rings is 2. The Labute approximate surface area is 162 Å². The SMILES string of the molecule is COc1cc(C2SC(C)=Nc3c2c(C)nn3Cc2ccccc2)ccc1O. The summed E-state index contributed by atoms with van der Waals surface area (Å²) >= 11 is 1.70. The van der Waals surface area contributed by atoms with Gasteiger partial charge in [-0.25, -0.2) is 9.67 Å². The molecule has 0 saturated carbocycles. The van der Waals surface area contributed by atoms with Gasteiger partial charge in [-0.1, -0.05) is 48.2 Å². The van der Waals surface area contributed by atoms with Crippen molar-refractivity contribution >= 4 is 22.6 Å². The number of hydrogen-bond acceptors (Lipinski definition) is 5. The third-order valence-corrected chi connectivity index (χ3v) is 5.82. The number of hydrogen-bond donors (Lipinski definition) is 1. The second-order valence-corrected chi connectivity index (χ2v) is 7.82.